The van der Waals surface area contributed by atoms with Crippen LogP contribution in [0.1, 0.15) is 30.3 Å². The van der Waals surface area contributed by atoms with E-state index >= 15 is 0 Å². The van der Waals surface area contributed by atoms with Gasteiger partial charge >= 0.3 is 0 Å². The van der Waals surface area contributed by atoms with Crippen LogP contribution in [0.5, 0.6) is 0 Å². The van der Waals surface area contributed by atoms with E-state index in [4.69, 9.17) is 0 Å². The normalized spacial score (nSPS) is 18.6. The zero-order valence-electron chi connectivity index (χ0n) is 15.7. The van der Waals surface area contributed by atoms with E-state index in [1.165, 1.54) is 0 Å². The SMILES string of the molecule is CC1CCN(C(=O)c2ccc(N3CCN(c4ncccn4)CC3)nn2)CC1. The average Bonchev–Trinajstić information content (AvgIpc) is 2.75. The summed E-state index contributed by atoms with van der Waals surface area (Å²) in [5.41, 5.74) is 0.435. The minimum atomic E-state index is -0.00741. The van der Waals surface area contributed by atoms with Crippen LogP contribution in [0.2, 0.25) is 0 Å². The van der Waals surface area contributed by atoms with Crippen molar-refractivity contribution in [3.63, 3.8) is 0 Å². The molecule has 8 heteroatoms. The second kappa shape index (κ2) is 7.85. The lowest BCUT2D eigenvalue weighted by Gasteiger charge is -2.35. The number of nitrogens with zero attached hydrogens (tertiary/aromatic N) is 7. The Labute approximate surface area is 159 Å². The summed E-state index contributed by atoms with van der Waals surface area (Å²) < 4.78 is 0. The smallest absolute Gasteiger partial charge is 0.274 e. The summed E-state index contributed by atoms with van der Waals surface area (Å²) in [7, 11) is 0. The molecule has 4 rings (SSSR count). The summed E-state index contributed by atoms with van der Waals surface area (Å²) in [5.74, 6) is 2.27. The van der Waals surface area contributed by atoms with E-state index in [0.29, 0.717) is 11.6 Å². The molecular formula is C19H25N7O. The van der Waals surface area contributed by atoms with Crippen molar-refractivity contribution < 1.29 is 4.79 Å². The maximum Gasteiger partial charge on any atom is 0.274 e. The van der Waals surface area contributed by atoms with Crippen molar-refractivity contribution in [3.8, 4) is 0 Å². The number of hydrogen-bond donors (Lipinski definition) is 0. The van der Waals surface area contributed by atoms with Gasteiger partial charge in [0.2, 0.25) is 5.95 Å². The van der Waals surface area contributed by atoms with Gasteiger partial charge in [-0.3, -0.25) is 4.79 Å². The number of aromatic nitrogens is 4. The molecule has 4 heterocycles. The molecule has 2 saturated heterocycles. The van der Waals surface area contributed by atoms with Gasteiger partial charge < -0.3 is 14.7 Å². The number of piperazine rings is 1. The predicted molar refractivity (Wildman–Crippen MR) is 103 cm³/mol. The predicted octanol–water partition coefficient (Wildman–Crippen LogP) is 1.47. The van der Waals surface area contributed by atoms with E-state index in [1.807, 2.05) is 17.0 Å². The first-order chi connectivity index (χ1) is 13.2. The number of anilines is 2. The van der Waals surface area contributed by atoms with Crippen molar-refractivity contribution in [3.05, 3.63) is 36.3 Å². The number of carbonyl (C=O) groups is 1. The van der Waals surface area contributed by atoms with Crippen LogP contribution in [-0.2, 0) is 0 Å². The third-order valence-corrected chi connectivity index (χ3v) is 5.38. The zero-order chi connectivity index (χ0) is 18.6. The van der Waals surface area contributed by atoms with Crippen LogP contribution in [0.25, 0.3) is 0 Å². The molecule has 2 aliphatic heterocycles. The zero-order valence-corrected chi connectivity index (χ0v) is 15.7. The van der Waals surface area contributed by atoms with Gasteiger partial charge in [-0.25, -0.2) is 9.97 Å². The molecule has 0 N–H and O–H groups in total. The minimum Gasteiger partial charge on any atom is -0.352 e. The molecule has 0 aromatic carbocycles. The molecule has 0 saturated carbocycles. The van der Waals surface area contributed by atoms with Crippen molar-refractivity contribution in [1.82, 2.24) is 25.1 Å². The number of hydrogen-bond acceptors (Lipinski definition) is 7. The molecule has 0 spiro atoms. The highest BCUT2D eigenvalue weighted by Gasteiger charge is 2.24. The number of likely N-dealkylation sites (tertiary alicyclic amines) is 1. The van der Waals surface area contributed by atoms with Crippen LogP contribution in [0.15, 0.2) is 30.6 Å². The Morgan fingerprint density at radius 1 is 0.926 bits per heavy atom. The Kier molecular flexibility index (Phi) is 5.13. The van der Waals surface area contributed by atoms with Crippen molar-refractivity contribution in [2.24, 2.45) is 5.92 Å². The van der Waals surface area contributed by atoms with Gasteiger partial charge in [0.05, 0.1) is 0 Å². The fourth-order valence-electron chi connectivity index (χ4n) is 3.57. The van der Waals surface area contributed by atoms with Gasteiger partial charge in [0.1, 0.15) is 0 Å². The largest absolute Gasteiger partial charge is 0.352 e. The molecule has 2 aromatic rings. The van der Waals surface area contributed by atoms with Crippen LogP contribution in [0, 0.1) is 5.92 Å². The molecule has 0 aliphatic carbocycles. The van der Waals surface area contributed by atoms with Gasteiger partial charge in [0.25, 0.3) is 5.91 Å². The maximum absolute atomic E-state index is 12.6. The summed E-state index contributed by atoms with van der Waals surface area (Å²) in [6, 6.07) is 5.53. The Hall–Kier alpha value is -2.77. The molecule has 2 aliphatic rings. The molecule has 1 amide bonds. The Morgan fingerprint density at radius 3 is 2.22 bits per heavy atom. The fourth-order valence-corrected chi connectivity index (χ4v) is 3.57. The van der Waals surface area contributed by atoms with Gasteiger partial charge in [-0.2, -0.15) is 0 Å². The second-order valence-electron chi connectivity index (χ2n) is 7.27. The minimum absolute atomic E-state index is 0.00741. The summed E-state index contributed by atoms with van der Waals surface area (Å²) in [5, 5.41) is 8.51. The maximum atomic E-state index is 12.6. The third kappa shape index (κ3) is 3.99. The average molecular weight is 367 g/mol. The van der Waals surface area contributed by atoms with Crippen molar-refractivity contribution >= 4 is 17.7 Å². The van der Waals surface area contributed by atoms with E-state index in [9.17, 15) is 4.79 Å². The highest BCUT2D eigenvalue weighted by molar-refractivity contribution is 5.92. The van der Waals surface area contributed by atoms with Gasteiger partial charge in [-0.1, -0.05) is 6.92 Å². The van der Waals surface area contributed by atoms with E-state index < -0.39 is 0 Å². The molecular weight excluding hydrogens is 342 g/mol. The van der Waals surface area contributed by atoms with Crippen molar-refractivity contribution in [2.45, 2.75) is 19.8 Å². The summed E-state index contributed by atoms with van der Waals surface area (Å²) >= 11 is 0. The fraction of sp³-hybridized carbons (Fsp3) is 0.526. The van der Waals surface area contributed by atoms with E-state index in [0.717, 1.165) is 63.9 Å². The number of carbonyl (C=O) groups excluding carboxylic acids is 1. The van der Waals surface area contributed by atoms with Crippen LogP contribution in [0.3, 0.4) is 0 Å². The first-order valence-corrected chi connectivity index (χ1v) is 9.60. The van der Waals surface area contributed by atoms with Crippen LogP contribution < -0.4 is 9.80 Å². The van der Waals surface area contributed by atoms with E-state index in [1.54, 1.807) is 18.5 Å². The highest BCUT2D eigenvalue weighted by Crippen LogP contribution is 2.19. The molecule has 0 bridgehead atoms. The second-order valence-corrected chi connectivity index (χ2v) is 7.27. The van der Waals surface area contributed by atoms with Crippen LogP contribution in [0.4, 0.5) is 11.8 Å². The number of amides is 1. The summed E-state index contributed by atoms with van der Waals surface area (Å²) in [6.07, 6.45) is 5.65. The number of piperidine rings is 1. The Morgan fingerprint density at radius 2 is 1.59 bits per heavy atom. The molecule has 0 unspecified atom stereocenters. The molecule has 27 heavy (non-hydrogen) atoms. The molecule has 0 radical (unpaired) electrons. The van der Waals surface area contributed by atoms with Gasteiger partial charge in [0.15, 0.2) is 11.5 Å². The highest BCUT2D eigenvalue weighted by atomic mass is 16.2. The van der Waals surface area contributed by atoms with Gasteiger partial charge in [-0.05, 0) is 37.0 Å². The first-order valence-electron chi connectivity index (χ1n) is 9.60. The third-order valence-electron chi connectivity index (χ3n) is 5.38. The van der Waals surface area contributed by atoms with Gasteiger partial charge in [-0.15, -0.1) is 10.2 Å². The molecule has 2 fully saturated rings. The lowest BCUT2D eigenvalue weighted by Crippen LogP contribution is -2.47. The first kappa shape index (κ1) is 17.6. The van der Waals surface area contributed by atoms with E-state index in [-0.39, 0.29) is 5.91 Å². The standard InChI is InChI=1S/C19H25N7O/c1-15-5-9-25(10-6-15)18(27)16-3-4-17(23-22-16)24-11-13-26(14-12-24)19-20-7-2-8-21-19/h2-4,7-8,15H,5-6,9-14H2,1H3. The lowest BCUT2D eigenvalue weighted by molar-refractivity contribution is 0.0690. The van der Waals surface area contributed by atoms with Crippen molar-refractivity contribution in [1.29, 1.82) is 0 Å². The number of rotatable bonds is 3. The molecule has 2 aromatic heterocycles. The molecule has 0 atom stereocenters. The monoisotopic (exact) mass is 367 g/mol. The Balaban J connectivity index is 1.35. The lowest BCUT2D eigenvalue weighted by atomic mass is 9.99. The molecule has 8 nitrogen and oxygen atoms in total. The topological polar surface area (TPSA) is 78.4 Å². The quantitative estimate of drug-likeness (QED) is 0.813. The van der Waals surface area contributed by atoms with Crippen molar-refractivity contribution in [2.75, 3.05) is 49.1 Å². The summed E-state index contributed by atoms with van der Waals surface area (Å²) in [6.45, 7) is 7.17. The van der Waals surface area contributed by atoms with Crippen LogP contribution in [-0.4, -0.2) is 70.2 Å². The summed E-state index contributed by atoms with van der Waals surface area (Å²) in [4.78, 5) is 27.4. The van der Waals surface area contributed by atoms with E-state index in [2.05, 4.69) is 36.9 Å². The molecule has 142 valence electrons. The van der Waals surface area contributed by atoms with Gasteiger partial charge in [0, 0.05) is 51.7 Å². The van der Waals surface area contributed by atoms with Crippen LogP contribution >= 0.6 is 0 Å². The Bertz CT molecular complexity index is 751.